The fraction of sp³-hybridized carbons (Fsp3) is 0.563. The third-order valence-electron chi connectivity index (χ3n) is 17.3. The lowest BCUT2D eigenvalue weighted by Gasteiger charge is -2.27. The number of H-pyrrole nitrogens is 1. The van der Waals surface area contributed by atoms with Gasteiger partial charge in [-0.25, -0.2) is 9.78 Å². The van der Waals surface area contributed by atoms with Gasteiger partial charge in [-0.05, 0) is 138 Å². The molecule has 650 valence electrons. The maximum Gasteiger partial charge on any atom is 0.328 e. The van der Waals surface area contributed by atoms with E-state index >= 15 is 0 Å². The fourth-order valence-corrected chi connectivity index (χ4v) is 11.6. The topological polar surface area (TPSA) is 766 Å². The van der Waals surface area contributed by atoms with Gasteiger partial charge >= 0.3 is 11.9 Å². The molecule has 1 heterocycles. The molecule has 3 aromatic rings. The molecule has 0 aliphatic carbocycles. The van der Waals surface area contributed by atoms with E-state index in [4.69, 9.17) is 40.1 Å². The summed E-state index contributed by atoms with van der Waals surface area (Å²) in [7, 11) is 0. The number of carboxylic acid groups (broad SMARTS) is 2. The van der Waals surface area contributed by atoms with Crippen molar-refractivity contribution < 1.29 is 102 Å². The van der Waals surface area contributed by atoms with Crippen LogP contribution in [0.4, 0.5) is 0 Å². The number of aliphatic carboxylic acids is 2. The van der Waals surface area contributed by atoms with Gasteiger partial charge in [-0.2, -0.15) is 11.8 Å². The third-order valence-corrected chi connectivity index (χ3v) is 17.9. The third kappa shape index (κ3) is 39.8. The van der Waals surface area contributed by atoms with Gasteiger partial charge in [0.25, 0.3) is 0 Å². The molecule has 0 spiro atoms. The molecule has 1 aromatic heterocycles. The Balaban J connectivity index is 1.92. The van der Waals surface area contributed by atoms with Crippen LogP contribution in [0.15, 0.2) is 61.1 Å². The molecule has 0 bridgehead atoms. The van der Waals surface area contributed by atoms with Crippen LogP contribution in [0.5, 0.6) is 11.5 Å². The van der Waals surface area contributed by atoms with Crippen LogP contribution >= 0.6 is 11.8 Å². The summed E-state index contributed by atoms with van der Waals surface area (Å²) in [5.74, 6) is -18.1. The largest absolute Gasteiger partial charge is 0.508 e. The molecule has 0 saturated carbocycles. The summed E-state index contributed by atoms with van der Waals surface area (Å²) in [5, 5.41) is 86.1. The number of aromatic nitrogens is 2. The smallest absolute Gasteiger partial charge is 0.328 e. The molecule has 45 nitrogen and oxygen atoms in total. The number of carboxylic acids is 2. The lowest BCUT2D eigenvalue weighted by molar-refractivity contribution is -0.143. The summed E-state index contributed by atoms with van der Waals surface area (Å²) in [5.41, 5.74) is 40.7. The molecule has 12 atom stereocenters. The number of primary amides is 1. The number of benzene rings is 2. The van der Waals surface area contributed by atoms with Crippen LogP contribution in [-0.2, 0) is 96.0 Å². The van der Waals surface area contributed by atoms with Gasteiger partial charge in [-0.15, -0.1) is 0 Å². The number of nitrogens with zero attached hydrogens (tertiary/aromatic N) is 1. The number of thioether (sulfide) groups is 1. The first kappa shape index (κ1) is 100.0. The minimum atomic E-state index is -2.11. The van der Waals surface area contributed by atoms with Crippen LogP contribution in [0.25, 0.3) is 0 Å². The SMILES string of the molecule is CSCC[C@H](NC(=O)[C@H](C)N)C(=O)N[C@@H](CCCCN)C(=O)N[C@@H](CCCNC(N)N)C(=O)N[C@@H](Cc1cnc[nH]1)C(=O)NCC(=O)N[C@@H](CC(C)C)C(=O)N[C@@H](CC(=O)O)C(=O)N[C@@H](CC(N)=O)C(=O)N[C@@H](Cc1ccc(O)cc1)C(=O)N[C@@H](CCCNC(N)N)C(=O)NCC(=O)N[C@@H](Cc1ccc(O)cc1)C(=O)N[C@@H](CO)C(=O)O. The Hall–Kier alpha value is -11.2. The van der Waals surface area contributed by atoms with E-state index in [0.717, 1.165) is 0 Å². The number of aliphatic hydroxyl groups excluding tert-OH is 1. The van der Waals surface area contributed by atoms with Crippen molar-refractivity contribution in [3.8, 4) is 11.5 Å². The van der Waals surface area contributed by atoms with Crippen molar-refractivity contribution >= 4 is 106 Å². The molecule has 0 unspecified atom stereocenters. The van der Waals surface area contributed by atoms with Crippen LogP contribution in [0.2, 0.25) is 0 Å². The highest BCUT2D eigenvalue weighted by Gasteiger charge is 2.37. The van der Waals surface area contributed by atoms with Crippen molar-refractivity contribution in [2.45, 2.75) is 196 Å². The Kier molecular flexibility index (Phi) is 45.4. The second kappa shape index (κ2) is 53.1. The van der Waals surface area contributed by atoms with Crippen LogP contribution in [0.1, 0.15) is 108 Å². The molecule has 117 heavy (non-hydrogen) atoms. The van der Waals surface area contributed by atoms with E-state index < -0.39 is 225 Å². The predicted molar refractivity (Wildman–Crippen MR) is 422 cm³/mol. The number of phenols is 2. The highest BCUT2D eigenvalue weighted by molar-refractivity contribution is 7.98. The van der Waals surface area contributed by atoms with E-state index in [1.807, 2.05) is 0 Å². The number of carbonyl (C=O) groups is 16. The number of nitrogens with one attached hydrogen (secondary N) is 16. The van der Waals surface area contributed by atoms with E-state index in [9.17, 15) is 102 Å². The van der Waals surface area contributed by atoms with E-state index in [1.54, 1.807) is 20.1 Å². The lowest BCUT2D eigenvalue weighted by atomic mass is 10.0. The molecule has 0 fully saturated rings. The van der Waals surface area contributed by atoms with Crippen molar-refractivity contribution in [2.24, 2.45) is 46.1 Å². The number of rotatable bonds is 57. The van der Waals surface area contributed by atoms with E-state index in [1.165, 1.54) is 79.7 Å². The van der Waals surface area contributed by atoms with Crippen molar-refractivity contribution in [3.63, 3.8) is 0 Å². The first-order chi connectivity index (χ1) is 55.3. The second-order valence-electron chi connectivity index (χ2n) is 27.8. The lowest BCUT2D eigenvalue weighted by Crippen LogP contribution is -2.60. The zero-order chi connectivity index (χ0) is 87.4. The average molecular weight is 1670 g/mol. The number of amides is 14. The van der Waals surface area contributed by atoms with Gasteiger partial charge in [0.05, 0.1) is 44.9 Å². The van der Waals surface area contributed by atoms with Gasteiger partial charge < -0.3 is 140 Å². The van der Waals surface area contributed by atoms with E-state index in [0.29, 0.717) is 29.9 Å². The molecular formula is C71H114N24O21S. The summed E-state index contributed by atoms with van der Waals surface area (Å²) < 4.78 is 0. The van der Waals surface area contributed by atoms with Crippen molar-refractivity contribution in [1.82, 2.24) is 89.7 Å². The molecule has 14 amide bonds. The zero-order valence-corrected chi connectivity index (χ0v) is 66.3. The number of carbonyl (C=O) groups excluding carboxylic acids is 14. The normalized spacial score (nSPS) is 14.3. The van der Waals surface area contributed by atoms with Crippen molar-refractivity contribution in [1.29, 1.82) is 0 Å². The Morgan fingerprint density at radius 2 is 0.829 bits per heavy atom. The number of aliphatic hydroxyl groups is 1. The first-order valence-electron chi connectivity index (χ1n) is 37.5. The number of hydrogen-bond acceptors (Lipinski definition) is 29. The van der Waals surface area contributed by atoms with Crippen LogP contribution in [-0.4, -0.2) is 267 Å². The maximum absolute atomic E-state index is 14.6. The number of aromatic amines is 1. The summed E-state index contributed by atoms with van der Waals surface area (Å²) in [6, 6.07) is -8.24. The second-order valence-corrected chi connectivity index (χ2v) is 28.8. The quantitative estimate of drug-likeness (QED) is 0.0184. The summed E-state index contributed by atoms with van der Waals surface area (Å²) in [6.07, 6.45) is -0.194. The number of hydrogen-bond donors (Lipinski definition) is 28. The number of imidazole rings is 1. The Morgan fingerprint density at radius 1 is 0.453 bits per heavy atom. The monoisotopic (exact) mass is 1670 g/mol. The molecular weight excluding hydrogens is 1560 g/mol. The molecule has 35 N–H and O–H groups in total. The van der Waals surface area contributed by atoms with Crippen molar-refractivity contribution in [3.05, 3.63) is 77.9 Å². The van der Waals surface area contributed by atoms with Crippen molar-refractivity contribution in [2.75, 3.05) is 51.3 Å². The number of phenolic OH excluding ortho intramolecular Hbond substituents is 2. The van der Waals surface area contributed by atoms with Gasteiger partial charge in [-0.3, -0.25) is 82.6 Å². The minimum Gasteiger partial charge on any atom is -0.508 e. The molecule has 0 aliphatic heterocycles. The Labute approximate surface area is 678 Å². The summed E-state index contributed by atoms with van der Waals surface area (Å²) in [6.45, 7) is 2.32. The van der Waals surface area contributed by atoms with E-state index in [-0.39, 0.29) is 94.5 Å². The fourth-order valence-electron chi connectivity index (χ4n) is 11.2. The summed E-state index contributed by atoms with van der Waals surface area (Å²) in [4.78, 5) is 225. The standard InChI is InChI=1S/C71H114N24O21S/c1-36(2)25-47(85-55(100)33-83-60(106)50(28-40-31-79-35-84-40)92-62(108)45(11-8-23-81-71(77)78)90-61(107)44(9-5-6-21-72)89-63(109)46(20-24-117-4)87-58(104)37(3)73)64(110)94-52(30-57(102)103)68(114)93-51(29-54(74)99)67(113)91-49(27-39-14-18-42(98)19-15-39)66(112)88-43(10-7-22-80-70(75)76)59(105)82-32-56(101)86-48(26-38-12-16-41(97)17-13-38)65(111)95-53(34-96)69(115)116/h12-19,31,35-37,43-53,70-71,80-81,96-98H,5-11,20-30,32-34,72-73,75-78H2,1-4H3,(H2,74,99)(H,79,84)(H,82,105)(H,83,106)(H,85,100)(H,86,101)(H,87,104)(H,88,112)(H,89,109)(H,90,107)(H,91,113)(H,92,108)(H,93,114)(H,94,110)(H,95,111)(H,102,103)(H,115,116)/t37-,43-,44-,45-,46-,47-,48-,49-,50-,51-,52-,53-/m0/s1. The van der Waals surface area contributed by atoms with Crippen LogP contribution in [0.3, 0.4) is 0 Å². The van der Waals surface area contributed by atoms with E-state index in [2.05, 4.69) is 89.7 Å². The highest BCUT2D eigenvalue weighted by Crippen LogP contribution is 2.16. The maximum atomic E-state index is 14.6. The highest BCUT2D eigenvalue weighted by atomic mass is 32.2. The number of unbranched alkanes of at least 4 members (excludes halogenated alkanes) is 1. The zero-order valence-electron chi connectivity index (χ0n) is 65.4. The van der Waals surface area contributed by atoms with Gasteiger partial charge in [0.15, 0.2) is 0 Å². The first-order valence-corrected chi connectivity index (χ1v) is 38.9. The molecule has 0 aliphatic rings. The number of aromatic hydroxyl groups is 2. The Morgan fingerprint density at radius 3 is 1.24 bits per heavy atom. The molecule has 3 rings (SSSR count). The molecule has 0 radical (unpaired) electrons. The predicted octanol–water partition coefficient (Wildman–Crippen LogP) is -9.74. The van der Waals surface area contributed by atoms with Gasteiger partial charge in [-0.1, -0.05) is 38.1 Å². The minimum absolute atomic E-state index is 0.0428. The molecule has 0 saturated heterocycles. The van der Waals surface area contributed by atoms with Crippen LogP contribution < -0.4 is 120 Å². The number of nitrogens with two attached hydrogens (primary N) is 7. The van der Waals surface area contributed by atoms with Gasteiger partial charge in [0.1, 0.15) is 90.5 Å². The summed E-state index contributed by atoms with van der Waals surface area (Å²) >= 11 is 1.40. The molecule has 2 aromatic carbocycles. The van der Waals surface area contributed by atoms with Crippen LogP contribution in [0, 0.1) is 5.92 Å². The average Bonchev–Trinajstić information content (AvgIpc) is 1.53. The van der Waals surface area contributed by atoms with Gasteiger partial charge in [0, 0.05) is 31.2 Å². The molecule has 46 heteroatoms. The Bertz CT molecular complexity index is 3750. The van der Waals surface area contributed by atoms with Gasteiger partial charge in [0.2, 0.25) is 82.7 Å².